The average molecular weight is 338 g/mol. The Morgan fingerprint density at radius 1 is 1.23 bits per heavy atom. The smallest absolute Gasteiger partial charge is 0.417 e. The third-order valence-corrected chi connectivity index (χ3v) is 4.11. The van der Waals surface area contributed by atoms with E-state index in [1.165, 1.54) is 7.11 Å². The predicted octanol–water partition coefficient (Wildman–Crippen LogP) is 4.99. The summed E-state index contributed by atoms with van der Waals surface area (Å²) in [6.45, 7) is 1.97. The summed E-state index contributed by atoms with van der Waals surface area (Å²) in [6, 6.07) is 10.5. The van der Waals surface area contributed by atoms with Crippen LogP contribution in [0.4, 0.5) is 10.5 Å². The van der Waals surface area contributed by atoms with Crippen molar-refractivity contribution >= 4 is 35.1 Å². The molecule has 6 heteroatoms. The van der Waals surface area contributed by atoms with Gasteiger partial charge in [-0.05, 0) is 55.1 Å². The van der Waals surface area contributed by atoms with Gasteiger partial charge in [-0.2, -0.15) is 0 Å². The molecule has 0 heterocycles. The third-order valence-electron chi connectivity index (χ3n) is 2.98. The number of amides is 1. The van der Waals surface area contributed by atoms with Crippen LogP contribution >= 0.6 is 23.4 Å². The van der Waals surface area contributed by atoms with Crippen molar-refractivity contribution in [2.24, 2.45) is 0 Å². The Bertz CT molecular complexity index is 691. The first-order chi connectivity index (χ1) is 10.5. The second-order valence-electron chi connectivity index (χ2n) is 4.49. The molecule has 0 bridgehead atoms. The van der Waals surface area contributed by atoms with Gasteiger partial charge in [0, 0.05) is 9.92 Å². The highest BCUT2D eigenvalue weighted by molar-refractivity contribution is 7.98. The standard InChI is InChI=1S/C16H16ClNO3S/c1-10-8-12(5-7-15(10)22-3)21-16(19)18-13-9-11(17)4-6-14(13)20-2/h4-9H,1-3H3,(H,18,19). The number of anilines is 1. The van der Waals surface area contributed by atoms with Gasteiger partial charge in [-0.15, -0.1) is 11.8 Å². The number of hydrogen-bond acceptors (Lipinski definition) is 4. The van der Waals surface area contributed by atoms with Crippen molar-refractivity contribution in [3.63, 3.8) is 0 Å². The highest BCUT2D eigenvalue weighted by Gasteiger charge is 2.11. The van der Waals surface area contributed by atoms with Crippen LogP contribution in [0.1, 0.15) is 5.56 Å². The van der Waals surface area contributed by atoms with Crippen molar-refractivity contribution in [2.45, 2.75) is 11.8 Å². The van der Waals surface area contributed by atoms with Gasteiger partial charge >= 0.3 is 6.09 Å². The maximum absolute atomic E-state index is 12.0. The Morgan fingerprint density at radius 2 is 2.00 bits per heavy atom. The number of thioether (sulfide) groups is 1. The molecule has 1 amide bonds. The molecule has 116 valence electrons. The fraction of sp³-hybridized carbons (Fsp3) is 0.188. The summed E-state index contributed by atoms with van der Waals surface area (Å²) < 4.78 is 10.4. The minimum Gasteiger partial charge on any atom is -0.495 e. The lowest BCUT2D eigenvalue weighted by Crippen LogP contribution is -2.17. The van der Waals surface area contributed by atoms with E-state index in [1.807, 2.05) is 25.3 Å². The van der Waals surface area contributed by atoms with Crippen LogP contribution < -0.4 is 14.8 Å². The summed E-state index contributed by atoms with van der Waals surface area (Å²) in [5, 5.41) is 3.12. The van der Waals surface area contributed by atoms with Gasteiger partial charge in [0.25, 0.3) is 0 Å². The van der Waals surface area contributed by atoms with Crippen molar-refractivity contribution in [3.8, 4) is 11.5 Å². The molecular formula is C16H16ClNO3S. The van der Waals surface area contributed by atoms with Gasteiger partial charge < -0.3 is 9.47 Å². The lowest BCUT2D eigenvalue weighted by molar-refractivity contribution is 0.215. The molecule has 0 atom stereocenters. The lowest BCUT2D eigenvalue weighted by Gasteiger charge is -2.11. The van der Waals surface area contributed by atoms with Gasteiger partial charge in [-0.25, -0.2) is 4.79 Å². The average Bonchev–Trinajstić information content (AvgIpc) is 2.47. The number of halogens is 1. The number of nitrogens with one attached hydrogen (secondary N) is 1. The molecule has 0 spiro atoms. The summed E-state index contributed by atoms with van der Waals surface area (Å²) in [4.78, 5) is 13.1. The molecule has 0 aliphatic carbocycles. The predicted molar refractivity (Wildman–Crippen MR) is 90.6 cm³/mol. The number of methoxy groups -OCH3 is 1. The SMILES string of the molecule is COc1ccc(Cl)cc1NC(=O)Oc1ccc(SC)c(C)c1. The Morgan fingerprint density at radius 3 is 2.64 bits per heavy atom. The van der Waals surface area contributed by atoms with Crippen molar-refractivity contribution in [2.75, 3.05) is 18.7 Å². The van der Waals surface area contributed by atoms with Gasteiger partial charge in [-0.1, -0.05) is 11.6 Å². The molecule has 0 fully saturated rings. The zero-order valence-electron chi connectivity index (χ0n) is 12.5. The first kappa shape index (κ1) is 16.5. The number of benzene rings is 2. The van der Waals surface area contributed by atoms with Gasteiger partial charge in [0.15, 0.2) is 0 Å². The van der Waals surface area contributed by atoms with E-state index in [-0.39, 0.29) is 0 Å². The highest BCUT2D eigenvalue weighted by atomic mass is 35.5. The topological polar surface area (TPSA) is 47.6 Å². The molecule has 0 radical (unpaired) electrons. The Kier molecular flexibility index (Phi) is 5.57. The quantitative estimate of drug-likeness (QED) is 0.798. The van der Waals surface area contributed by atoms with Crippen LogP contribution in [0, 0.1) is 6.92 Å². The summed E-state index contributed by atoms with van der Waals surface area (Å²) in [7, 11) is 1.52. The van der Waals surface area contributed by atoms with Crippen LogP contribution in [-0.2, 0) is 0 Å². The van der Waals surface area contributed by atoms with E-state index in [2.05, 4.69) is 5.32 Å². The maximum atomic E-state index is 12.0. The molecule has 4 nitrogen and oxygen atoms in total. The molecule has 1 N–H and O–H groups in total. The zero-order valence-corrected chi connectivity index (χ0v) is 14.0. The van der Waals surface area contributed by atoms with Gasteiger partial charge in [0.05, 0.1) is 12.8 Å². The highest BCUT2D eigenvalue weighted by Crippen LogP contribution is 2.28. The molecule has 22 heavy (non-hydrogen) atoms. The fourth-order valence-electron chi connectivity index (χ4n) is 1.93. The Labute approximate surface area is 138 Å². The summed E-state index contributed by atoms with van der Waals surface area (Å²) in [5.41, 5.74) is 1.51. The lowest BCUT2D eigenvalue weighted by atomic mass is 10.2. The summed E-state index contributed by atoms with van der Waals surface area (Å²) >= 11 is 7.57. The van der Waals surface area contributed by atoms with Crippen LogP contribution in [0.3, 0.4) is 0 Å². The number of aryl methyl sites for hydroxylation is 1. The van der Waals surface area contributed by atoms with Crippen LogP contribution in [0.25, 0.3) is 0 Å². The van der Waals surface area contributed by atoms with E-state index in [1.54, 1.807) is 36.0 Å². The molecular weight excluding hydrogens is 322 g/mol. The number of rotatable bonds is 4. The van der Waals surface area contributed by atoms with Gasteiger partial charge in [0.2, 0.25) is 0 Å². The van der Waals surface area contributed by atoms with Gasteiger partial charge in [0.1, 0.15) is 11.5 Å². The molecule has 0 aliphatic heterocycles. The Balaban J connectivity index is 2.10. The molecule has 0 saturated carbocycles. The minimum absolute atomic E-state index is 0.456. The minimum atomic E-state index is -0.600. The van der Waals surface area contributed by atoms with Crippen molar-refractivity contribution in [3.05, 3.63) is 47.0 Å². The summed E-state index contributed by atoms with van der Waals surface area (Å²) in [5.74, 6) is 0.990. The maximum Gasteiger partial charge on any atom is 0.417 e. The van der Waals surface area contributed by atoms with E-state index in [9.17, 15) is 4.79 Å². The van der Waals surface area contributed by atoms with E-state index in [4.69, 9.17) is 21.1 Å². The fourth-order valence-corrected chi connectivity index (χ4v) is 2.69. The molecule has 2 rings (SSSR count). The van der Waals surface area contributed by atoms with E-state index in [0.717, 1.165) is 10.5 Å². The second-order valence-corrected chi connectivity index (χ2v) is 5.78. The monoisotopic (exact) mass is 337 g/mol. The molecule has 2 aromatic carbocycles. The largest absolute Gasteiger partial charge is 0.495 e. The number of ether oxygens (including phenoxy) is 2. The van der Waals surface area contributed by atoms with E-state index < -0.39 is 6.09 Å². The van der Waals surface area contributed by atoms with Crippen LogP contribution in [-0.4, -0.2) is 19.5 Å². The van der Waals surface area contributed by atoms with Crippen molar-refractivity contribution in [1.82, 2.24) is 0 Å². The third kappa shape index (κ3) is 4.08. The molecule has 0 unspecified atom stereocenters. The summed E-state index contributed by atoms with van der Waals surface area (Å²) in [6.07, 6.45) is 1.40. The zero-order chi connectivity index (χ0) is 16.1. The van der Waals surface area contributed by atoms with Crippen LogP contribution in [0.2, 0.25) is 5.02 Å². The molecule has 0 saturated heterocycles. The van der Waals surface area contributed by atoms with Crippen molar-refractivity contribution < 1.29 is 14.3 Å². The first-order valence-corrected chi connectivity index (χ1v) is 8.10. The van der Waals surface area contributed by atoms with Crippen LogP contribution in [0.5, 0.6) is 11.5 Å². The van der Waals surface area contributed by atoms with Crippen LogP contribution in [0.15, 0.2) is 41.3 Å². The Hall–Kier alpha value is -1.85. The molecule has 2 aromatic rings. The van der Waals surface area contributed by atoms with E-state index in [0.29, 0.717) is 22.2 Å². The number of hydrogen-bond donors (Lipinski definition) is 1. The number of carbonyl (C=O) groups is 1. The number of carbonyl (C=O) groups excluding carboxylic acids is 1. The molecule has 0 aromatic heterocycles. The second kappa shape index (κ2) is 7.42. The van der Waals surface area contributed by atoms with E-state index >= 15 is 0 Å². The first-order valence-electron chi connectivity index (χ1n) is 6.50. The van der Waals surface area contributed by atoms with Crippen molar-refractivity contribution in [1.29, 1.82) is 0 Å². The van der Waals surface area contributed by atoms with Gasteiger partial charge in [-0.3, -0.25) is 5.32 Å². The molecule has 0 aliphatic rings. The normalized spacial score (nSPS) is 10.2.